The summed E-state index contributed by atoms with van der Waals surface area (Å²) in [5.41, 5.74) is 1.28. The minimum absolute atomic E-state index is 0.202. The average molecular weight is 386 g/mol. The van der Waals surface area contributed by atoms with Crippen molar-refractivity contribution in [3.8, 4) is 0 Å². The maximum Gasteiger partial charge on any atom is 0.220 e. The summed E-state index contributed by atoms with van der Waals surface area (Å²) < 4.78 is 0. The highest BCUT2D eigenvalue weighted by atomic mass is 16.1. The number of rotatable bonds is 18. The Hall–Kier alpha value is -1.57. The SMILES string of the molecule is CCCCCCCC/C=C\CCCCCCCC(=O)NCCc1ccccc1. The fourth-order valence-electron chi connectivity index (χ4n) is 3.44. The Labute approximate surface area is 174 Å². The number of nitrogens with one attached hydrogen (secondary N) is 1. The van der Waals surface area contributed by atoms with E-state index in [2.05, 4.69) is 36.5 Å². The molecule has 0 unspecified atom stereocenters. The number of allylic oxidation sites excluding steroid dienone is 2. The van der Waals surface area contributed by atoms with Gasteiger partial charge in [0.15, 0.2) is 0 Å². The van der Waals surface area contributed by atoms with E-state index in [0.29, 0.717) is 6.42 Å². The Kier molecular flexibility index (Phi) is 16.4. The molecule has 0 spiro atoms. The molecule has 0 heterocycles. The van der Waals surface area contributed by atoms with Crippen LogP contribution in [0.15, 0.2) is 42.5 Å². The number of amides is 1. The summed E-state index contributed by atoms with van der Waals surface area (Å²) in [6.45, 7) is 3.02. The maximum absolute atomic E-state index is 11.8. The minimum atomic E-state index is 0.202. The van der Waals surface area contributed by atoms with Crippen molar-refractivity contribution in [2.24, 2.45) is 0 Å². The van der Waals surface area contributed by atoms with Gasteiger partial charge in [0, 0.05) is 13.0 Å². The van der Waals surface area contributed by atoms with Gasteiger partial charge >= 0.3 is 0 Å². The molecule has 0 saturated carbocycles. The van der Waals surface area contributed by atoms with Crippen LogP contribution in [0, 0.1) is 0 Å². The standard InChI is InChI=1S/C26H43NO/c1-2-3-4-5-6-7-8-9-10-11-12-13-14-15-19-22-26(28)27-24-23-25-20-17-16-18-21-25/h9-10,16-18,20-21H,2-8,11-15,19,22-24H2,1H3,(H,27,28)/b10-9-. The van der Waals surface area contributed by atoms with Crippen molar-refractivity contribution in [1.29, 1.82) is 0 Å². The fourth-order valence-corrected chi connectivity index (χ4v) is 3.44. The molecule has 1 rings (SSSR count). The monoisotopic (exact) mass is 385 g/mol. The molecule has 0 aliphatic rings. The second kappa shape index (κ2) is 18.8. The lowest BCUT2D eigenvalue weighted by Crippen LogP contribution is -2.25. The molecule has 2 nitrogen and oxygen atoms in total. The van der Waals surface area contributed by atoms with Crippen LogP contribution >= 0.6 is 0 Å². The van der Waals surface area contributed by atoms with E-state index in [1.807, 2.05) is 18.2 Å². The van der Waals surface area contributed by atoms with E-state index >= 15 is 0 Å². The largest absolute Gasteiger partial charge is 0.356 e. The molecule has 2 heteroatoms. The molecule has 1 aromatic rings. The summed E-state index contributed by atoms with van der Waals surface area (Å²) >= 11 is 0. The predicted octanol–water partition coefficient (Wildman–Crippen LogP) is 7.38. The predicted molar refractivity (Wildman–Crippen MR) is 123 cm³/mol. The number of carbonyl (C=O) groups is 1. The van der Waals surface area contributed by atoms with Crippen molar-refractivity contribution < 1.29 is 4.79 Å². The quantitative estimate of drug-likeness (QED) is 0.207. The Morgan fingerprint density at radius 2 is 1.36 bits per heavy atom. The molecule has 1 aromatic carbocycles. The van der Waals surface area contributed by atoms with Gasteiger partial charge in [-0.15, -0.1) is 0 Å². The van der Waals surface area contributed by atoms with Gasteiger partial charge < -0.3 is 5.32 Å². The lowest BCUT2D eigenvalue weighted by atomic mass is 10.1. The topological polar surface area (TPSA) is 29.1 Å². The van der Waals surface area contributed by atoms with Crippen molar-refractivity contribution in [3.05, 3.63) is 48.0 Å². The molecule has 1 amide bonds. The van der Waals surface area contributed by atoms with Crippen molar-refractivity contribution in [2.45, 2.75) is 103 Å². The van der Waals surface area contributed by atoms with Crippen molar-refractivity contribution in [2.75, 3.05) is 6.54 Å². The average Bonchev–Trinajstić information content (AvgIpc) is 2.71. The second-order valence-electron chi connectivity index (χ2n) is 7.92. The van der Waals surface area contributed by atoms with Gasteiger partial charge in [-0.2, -0.15) is 0 Å². The van der Waals surface area contributed by atoms with Crippen LogP contribution in [0.25, 0.3) is 0 Å². The Bertz CT molecular complexity index is 494. The summed E-state index contributed by atoms with van der Waals surface area (Å²) in [5, 5.41) is 3.03. The summed E-state index contributed by atoms with van der Waals surface area (Å²) in [7, 11) is 0. The van der Waals surface area contributed by atoms with Crippen LogP contribution in [0.5, 0.6) is 0 Å². The smallest absolute Gasteiger partial charge is 0.220 e. The lowest BCUT2D eigenvalue weighted by molar-refractivity contribution is -0.121. The fraction of sp³-hybridized carbons (Fsp3) is 0.654. The number of unbranched alkanes of at least 4 members (excludes halogenated alkanes) is 11. The molecule has 158 valence electrons. The first-order chi connectivity index (χ1) is 13.8. The van der Waals surface area contributed by atoms with Gasteiger partial charge in [-0.3, -0.25) is 4.79 Å². The van der Waals surface area contributed by atoms with E-state index in [0.717, 1.165) is 19.4 Å². The molecule has 0 aliphatic carbocycles. The van der Waals surface area contributed by atoms with Crippen LogP contribution in [0.2, 0.25) is 0 Å². The van der Waals surface area contributed by atoms with Gasteiger partial charge in [-0.05, 0) is 44.1 Å². The highest BCUT2D eigenvalue weighted by Crippen LogP contribution is 2.10. The molecule has 0 bridgehead atoms. The maximum atomic E-state index is 11.8. The Morgan fingerprint density at radius 1 is 0.786 bits per heavy atom. The first-order valence-corrected chi connectivity index (χ1v) is 11.8. The van der Waals surface area contributed by atoms with Crippen LogP contribution in [-0.2, 0) is 11.2 Å². The molecule has 0 atom stereocenters. The third-order valence-electron chi connectivity index (χ3n) is 5.24. The normalized spacial score (nSPS) is 11.2. The summed E-state index contributed by atoms with van der Waals surface area (Å²) in [6.07, 6.45) is 23.1. The van der Waals surface area contributed by atoms with Crippen LogP contribution in [0.3, 0.4) is 0 Å². The zero-order chi connectivity index (χ0) is 20.1. The summed E-state index contributed by atoms with van der Waals surface area (Å²) in [6, 6.07) is 10.3. The first kappa shape index (κ1) is 24.5. The van der Waals surface area contributed by atoms with Gasteiger partial charge in [-0.1, -0.05) is 101 Å². The van der Waals surface area contributed by atoms with E-state index < -0.39 is 0 Å². The van der Waals surface area contributed by atoms with Gasteiger partial charge in [-0.25, -0.2) is 0 Å². The van der Waals surface area contributed by atoms with Crippen molar-refractivity contribution >= 4 is 5.91 Å². The van der Waals surface area contributed by atoms with Gasteiger partial charge in [0.05, 0.1) is 0 Å². The van der Waals surface area contributed by atoms with E-state index in [-0.39, 0.29) is 5.91 Å². The highest BCUT2D eigenvalue weighted by molar-refractivity contribution is 5.75. The highest BCUT2D eigenvalue weighted by Gasteiger charge is 2.00. The first-order valence-electron chi connectivity index (χ1n) is 11.8. The third kappa shape index (κ3) is 15.5. The molecule has 28 heavy (non-hydrogen) atoms. The van der Waals surface area contributed by atoms with Crippen molar-refractivity contribution in [3.63, 3.8) is 0 Å². The second-order valence-corrected chi connectivity index (χ2v) is 7.92. The van der Waals surface area contributed by atoms with Gasteiger partial charge in [0.25, 0.3) is 0 Å². The van der Waals surface area contributed by atoms with Crippen LogP contribution in [-0.4, -0.2) is 12.5 Å². The molecular formula is C26H43NO. The minimum Gasteiger partial charge on any atom is -0.356 e. The summed E-state index contributed by atoms with van der Waals surface area (Å²) in [4.78, 5) is 11.8. The van der Waals surface area contributed by atoms with Crippen LogP contribution < -0.4 is 5.32 Å². The van der Waals surface area contributed by atoms with Crippen molar-refractivity contribution in [1.82, 2.24) is 5.32 Å². The number of hydrogen-bond acceptors (Lipinski definition) is 1. The summed E-state index contributed by atoms with van der Waals surface area (Å²) in [5.74, 6) is 0.202. The zero-order valence-electron chi connectivity index (χ0n) is 18.3. The number of carbonyl (C=O) groups excluding carboxylic acids is 1. The molecule has 0 aromatic heterocycles. The zero-order valence-corrected chi connectivity index (χ0v) is 18.3. The molecule has 0 aliphatic heterocycles. The van der Waals surface area contributed by atoms with Crippen LogP contribution in [0.1, 0.15) is 102 Å². The lowest BCUT2D eigenvalue weighted by Gasteiger charge is -2.05. The van der Waals surface area contributed by atoms with Crippen LogP contribution in [0.4, 0.5) is 0 Å². The van der Waals surface area contributed by atoms with E-state index in [4.69, 9.17) is 0 Å². The molecule has 1 N–H and O–H groups in total. The van der Waals surface area contributed by atoms with Gasteiger partial charge in [0.1, 0.15) is 0 Å². The van der Waals surface area contributed by atoms with E-state index in [1.54, 1.807) is 0 Å². The molecular weight excluding hydrogens is 342 g/mol. The Balaban J connectivity index is 1.81. The molecule has 0 radical (unpaired) electrons. The van der Waals surface area contributed by atoms with E-state index in [1.165, 1.54) is 82.6 Å². The van der Waals surface area contributed by atoms with E-state index in [9.17, 15) is 4.79 Å². The number of benzene rings is 1. The third-order valence-corrected chi connectivity index (χ3v) is 5.24. The Morgan fingerprint density at radius 3 is 2.00 bits per heavy atom. The van der Waals surface area contributed by atoms with Gasteiger partial charge in [0.2, 0.25) is 5.91 Å². The number of hydrogen-bond donors (Lipinski definition) is 1. The molecule has 0 saturated heterocycles. The molecule has 0 fully saturated rings.